The molecule has 1 aliphatic heterocycles. The van der Waals surface area contributed by atoms with Gasteiger partial charge in [0.15, 0.2) is 0 Å². The maximum Gasteiger partial charge on any atom is 0.0195 e. The van der Waals surface area contributed by atoms with Crippen molar-refractivity contribution in [1.82, 2.24) is 9.80 Å². The zero-order valence-electron chi connectivity index (χ0n) is 9.04. The molecular weight excluding hydrogens is 148 g/mol. The molecule has 1 unspecified atom stereocenters. The zero-order valence-corrected chi connectivity index (χ0v) is 9.04. The molecule has 1 saturated heterocycles. The van der Waals surface area contributed by atoms with E-state index in [2.05, 4.69) is 44.5 Å². The third-order valence-electron chi connectivity index (χ3n) is 3.12. The summed E-state index contributed by atoms with van der Waals surface area (Å²) in [5.41, 5.74) is 0. The number of hydrogen-bond acceptors (Lipinski definition) is 2. The molecule has 0 saturated carbocycles. The Kier molecular flexibility index (Phi) is 3.13. The van der Waals surface area contributed by atoms with E-state index in [9.17, 15) is 0 Å². The Morgan fingerprint density at radius 2 is 1.50 bits per heavy atom. The van der Waals surface area contributed by atoms with Gasteiger partial charge in [0.05, 0.1) is 0 Å². The van der Waals surface area contributed by atoms with Crippen LogP contribution in [0.15, 0.2) is 0 Å². The fourth-order valence-electron chi connectivity index (χ4n) is 1.87. The molecule has 0 aromatic carbocycles. The summed E-state index contributed by atoms with van der Waals surface area (Å²) in [4.78, 5) is 5.04. The number of hydrogen-bond donors (Lipinski definition) is 0. The largest absolute Gasteiger partial charge is 0.298 e. The van der Waals surface area contributed by atoms with Crippen LogP contribution in [0.1, 0.15) is 27.7 Å². The highest BCUT2D eigenvalue weighted by Crippen LogP contribution is 2.14. The van der Waals surface area contributed by atoms with E-state index in [0.717, 1.165) is 0 Å². The van der Waals surface area contributed by atoms with E-state index in [1.165, 1.54) is 13.1 Å². The first kappa shape index (κ1) is 10.0. The van der Waals surface area contributed by atoms with Gasteiger partial charge in [-0.2, -0.15) is 0 Å². The second-order valence-electron chi connectivity index (χ2n) is 4.41. The maximum atomic E-state index is 2.56. The van der Waals surface area contributed by atoms with Crippen LogP contribution in [0.5, 0.6) is 0 Å². The Morgan fingerprint density at radius 3 is 1.83 bits per heavy atom. The van der Waals surface area contributed by atoms with Crippen LogP contribution in [0, 0.1) is 0 Å². The van der Waals surface area contributed by atoms with Crippen molar-refractivity contribution in [1.29, 1.82) is 0 Å². The Balaban J connectivity index is 2.53. The number of likely N-dealkylation sites (N-methyl/N-ethyl adjacent to an activating group) is 1. The lowest BCUT2D eigenvalue weighted by Crippen LogP contribution is -2.56. The summed E-state index contributed by atoms with van der Waals surface area (Å²) in [7, 11) is 2.23. The van der Waals surface area contributed by atoms with Gasteiger partial charge in [0, 0.05) is 31.2 Å². The molecule has 2 heteroatoms. The molecule has 1 rings (SSSR count). The molecule has 1 heterocycles. The van der Waals surface area contributed by atoms with Crippen LogP contribution in [0.3, 0.4) is 0 Å². The minimum atomic E-state index is 0.698. The molecule has 0 radical (unpaired) electrons. The molecule has 0 spiro atoms. The van der Waals surface area contributed by atoms with Crippen LogP contribution < -0.4 is 0 Å². The summed E-state index contributed by atoms with van der Waals surface area (Å²) in [6.45, 7) is 11.6. The summed E-state index contributed by atoms with van der Waals surface area (Å²) in [6, 6.07) is 2.11. The fraction of sp³-hybridized carbons (Fsp3) is 1.00. The van der Waals surface area contributed by atoms with E-state index >= 15 is 0 Å². The standard InChI is InChI=1S/C10H22N2/c1-8(2)12-6-9(3)11(5)10(4)7-12/h8-10H,6-7H2,1-5H3/t9-,10?/m0/s1. The lowest BCUT2D eigenvalue weighted by atomic mass is 10.1. The molecule has 1 aliphatic rings. The predicted molar refractivity (Wildman–Crippen MR) is 53.4 cm³/mol. The number of piperazine rings is 1. The van der Waals surface area contributed by atoms with Gasteiger partial charge in [-0.1, -0.05) is 0 Å². The van der Waals surface area contributed by atoms with E-state index in [1.807, 2.05) is 0 Å². The first-order chi connectivity index (χ1) is 5.52. The summed E-state index contributed by atoms with van der Waals surface area (Å²) in [5.74, 6) is 0. The van der Waals surface area contributed by atoms with Crippen molar-refractivity contribution in [2.45, 2.75) is 45.8 Å². The third-order valence-corrected chi connectivity index (χ3v) is 3.12. The van der Waals surface area contributed by atoms with Crippen molar-refractivity contribution >= 4 is 0 Å². The highest BCUT2D eigenvalue weighted by atomic mass is 15.3. The molecule has 0 bridgehead atoms. The average Bonchev–Trinajstić information content (AvgIpc) is 1.99. The van der Waals surface area contributed by atoms with E-state index in [0.29, 0.717) is 18.1 Å². The number of nitrogens with zero attached hydrogens (tertiary/aromatic N) is 2. The van der Waals surface area contributed by atoms with Gasteiger partial charge in [-0.3, -0.25) is 9.80 Å². The van der Waals surface area contributed by atoms with Crippen LogP contribution >= 0.6 is 0 Å². The van der Waals surface area contributed by atoms with Crippen molar-refractivity contribution < 1.29 is 0 Å². The lowest BCUT2D eigenvalue weighted by Gasteiger charge is -2.44. The fourth-order valence-corrected chi connectivity index (χ4v) is 1.87. The summed E-state index contributed by atoms with van der Waals surface area (Å²) in [6.07, 6.45) is 0. The Labute approximate surface area is 76.5 Å². The molecule has 72 valence electrons. The maximum absolute atomic E-state index is 2.56. The monoisotopic (exact) mass is 170 g/mol. The van der Waals surface area contributed by atoms with Crippen LogP contribution in [-0.2, 0) is 0 Å². The topological polar surface area (TPSA) is 6.48 Å². The second kappa shape index (κ2) is 3.75. The van der Waals surface area contributed by atoms with Gasteiger partial charge in [0.1, 0.15) is 0 Å². The van der Waals surface area contributed by atoms with Gasteiger partial charge in [-0.05, 0) is 34.7 Å². The molecule has 12 heavy (non-hydrogen) atoms. The Morgan fingerprint density at radius 1 is 1.08 bits per heavy atom. The first-order valence-corrected chi connectivity index (χ1v) is 4.98. The molecule has 0 aliphatic carbocycles. The van der Waals surface area contributed by atoms with E-state index in [1.54, 1.807) is 0 Å². The van der Waals surface area contributed by atoms with Crippen LogP contribution in [-0.4, -0.2) is 48.1 Å². The van der Waals surface area contributed by atoms with Crippen molar-refractivity contribution in [2.75, 3.05) is 20.1 Å². The quantitative estimate of drug-likeness (QED) is 0.587. The molecule has 1 fully saturated rings. The van der Waals surface area contributed by atoms with Gasteiger partial charge < -0.3 is 0 Å². The van der Waals surface area contributed by atoms with Gasteiger partial charge in [-0.15, -0.1) is 0 Å². The second-order valence-corrected chi connectivity index (χ2v) is 4.41. The smallest absolute Gasteiger partial charge is 0.0195 e. The number of rotatable bonds is 1. The van der Waals surface area contributed by atoms with Crippen molar-refractivity contribution in [2.24, 2.45) is 0 Å². The van der Waals surface area contributed by atoms with Crippen molar-refractivity contribution in [3.8, 4) is 0 Å². The Hall–Kier alpha value is -0.0800. The molecule has 0 N–H and O–H groups in total. The Bertz CT molecular complexity index is 133. The van der Waals surface area contributed by atoms with Crippen LogP contribution in [0.25, 0.3) is 0 Å². The van der Waals surface area contributed by atoms with E-state index in [4.69, 9.17) is 0 Å². The highest BCUT2D eigenvalue weighted by molar-refractivity contribution is 4.83. The molecule has 2 atom stereocenters. The van der Waals surface area contributed by atoms with E-state index in [-0.39, 0.29) is 0 Å². The lowest BCUT2D eigenvalue weighted by molar-refractivity contribution is 0.0425. The minimum Gasteiger partial charge on any atom is -0.298 e. The summed E-state index contributed by atoms with van der Waals surface area (Å²) < 4.78 is 0. The first-order valence-electron chi connectivity index (χ1n) is 4.98. The van der Waals surface area contributed by atoms with Crippen molar-refractivity contribution in [3.05, 3.63) is 0 Å². The SMILES string of the molecule is CC(C)N1CC(C)N(C)[C@@H](C)C1. The third kappa shape index (κ3) is 1.99. The normalized spacial score (nSPS) is 34.5. The van der Waals surface area contributed by atoms with Gasteiger partial charge in [-0.25, -0.2) is 0 Å². The molecule has 0 aromatic heterocycles. The van der Waals surface area contributed by atoms with Gasteiger partial charge >= 0.3 is 0 Å². The van der Waals surface area contributed by atoms with Crippen molar-refractivity contribution in [3.63, 3.8) is 0 Å². The predicted octanol–water partition coefficient (Wildman–Crippen LogP) is 1.42. The van der Waals surface area contributed by atoms with Gasteiger partial charge in [0.2, 0.25) is 0 Å². The summed E-state index contributed by atoms with van der Waals surface area (Å²) >= 11 is 0. The summed E-state index contributed by atoms with van der Waals surface area (Å²) in [5, 5.41) is 0. The average molecular weight is 170 g/mol. The molecule has 2 nitrogen and oxygen atoms in total. The highest BCUT2D eigenvalue weighted by Gasteiger charge is 2.27. The van der Waals surface area contributed by atoms with Crippen LogP contribution in [0.2, 0.25) is 0 Å². The van der Waals surface area contributed by atoms with Crippen LogP contribution in [0.4, 0.5) is 0 Å². The molecule has 0 amide bonds. The van der Waals surface area contributed by atoms with E-state index < -0.39 is 0 Å². The minimum absolute atomic E-state index is 0.698. The zero-order chi connectivity index (χ0) is 9.30. The van der Waals surface area contributed by atoms with Gasteiger partial charge in [0.25, 0.3) is 0 Å². The molecule has 0 aromatic rings. The molecular formula is C10H22N2.